The lowest BCUT2D eigenvalue weighted by Crippen LogP contribution is -1.76. The number of hydrogen-bond donors (Lipinski definition) is 1. The van der Waals surface area contributed by atoms with E-state index in [1.165, 1.54) is 11.0 Å². The van der Waals surface area contributed by atoms with Crippen molar-refractivity contribution in [1.29, 1.82) is 0 Å². The average molecular weight is 255 g/mol. The van der Waals surface area contributed by atoms with Crippen molar-refractivity contribution in [2.24, 2.45) is 0 Å². The first kappa shape index (κ1) is 10.8. The first-order valence-corrected chi connectivity index (χ1v) is 6.19. The fraction of sp³-hybridized carbons (Fsp3) is 0. The van der Waals surface area contributed by atoms with Crippen molar-refractivity contribution in [1.82, 2.24) is 24.9 Å². The van der Waals surface area contributed by atoms with Crippen molar-refractivity contribution in [2.45, 2.75) is 0 Å². The molecule has 0 radical (unpaired) electrons. The molecular weight excluding hydrogens is 246 g/mol. The van der Waals surface area contributed by atoms with Crippen LogP contribution >= 0.6 is 11.3 Å². The lowest BCUT2D eigenvalue weighted by Gasteiger charge is -1.80. The van der Waals surface area contributed by atoms with Crippen LogP contribution < -0.4 is 0 Å². The molecule has 3 aromatic heterocycles. The molecule has 4 rings (SSSR count). The lowest BCUT2D eigenvalue weighted by molar-refractivity contribution is 1.20. The summed E-state index contributed by atoms with van der Waals surface area (Å²) in [6, 6.07) is 8.13. The molecular formula is C12H9N5S. The summed E-state index contributed by atoms with van der Waals surface area (Å²) in [5.41, 5.74) is 4.55. The van der Waals surface area contributed by atoms with Gasteiger partial charge in [0.15, 0.2) is 5.65 Å². The second-order valence-corrected chi connectivity index (χ2v) is 4.37. The topological polar surface area (TPSA) is 67.3 Å². The van der Waals surface area contributed by atoms with Gasteiger partial charge in [0, 0.05) is 0 Å². The number of H-pyrrole nitrogens is 1. The minimum atomic E-state index is 0.713. The van der Waals surface area contributed by atoms with Crippen LogP contribution in [0.3, 0.4) is 0 Å². The maximum atomic E-state index is 4.14. The van der Waals surface area contributed by atoms with E-state index in [0.29, 0.717) is 5.65 Å². The third-order valence-electron chi connectivity index (χ3n) is 2.33. The zero-order valence-electron chi connectivity index (χ0n) is 9.32. The van der Waals surface area contributed by atoms with Crippen LogP contribution in [0.25, 0.3) is 21.4 Å². The van der Waals surface area contributed by atoms with Crippen molar-refractivity contribution < 1.29 is 0 Å². The minimum Gasteiger partial charge on any atom is -0.342 e. The number of rotatable bonds is 0. The summed E-state index contributed by atoms with van der Waals surface area (Å²) < 4.78 is 1.26. The highest BCUT2D eigenvalue weighted by Crippen LogP contribution is 2.15. The van der Waals surface area contributed by atoms with Gasteiger partial charge in [-0.1, -0.05) is 12.1 Å². The van der Waals surface area contributed by atoms with E-state index in [-0.39, 0.29) is 0 Å². The van der Waals surface area contributed by atoms with Gasteiger partial charge in [-0.15, -0.1) is 11.3 Å². The molecule has 0 saturated carbocycles. The van der Waals surface area contributed by atoms with Gasteiger partial charge in [0.25, 0.3) is 0 Å². The molecule has 0 unspecified atom stereocenters. The Kier molecular flexibility index (Phi) is 2.93. The summed E-state index contributed by atoms with van der Waals surface area (Å²) in [7, 11) is 0. The number of para-hydroxylation sites is 1. The van der Waals surface area contributed by atoms with E-state index in [2.05, 4.69) is 31.0 Å². The van der Waals surface area contributed by atoms with Crippen molar-refractivity contribution in [2.75, 3.05) is 0 Å². The lowest BCUT2D eigenvalue weighted by atomic mass is 10.3. The summed E-state index contributed by atoms with van der Waals surface area (Å²) >= 11 is 1.68. The Hall–Kier alpha value is -2.34. The monoisotopic (exact) mass is 255 g/mol. The first-order chi connectivity index (χ1) is 8.93. The molecule has 0 amide bonds. The molecule has 18 heavy (non-hydrogen) atoms. The van der Waals surface area contributed by atoms with Crippen LogP contribution in [0.4, 0.5) is 0 Å². The van der Waals surface area contributed by atoms with Crippen LogP contribution in [0.5, 0.6) is 0 Å². The second kappa shape index (κ2) is 4.89. The van der Waals surface area contributed by atoms with Gasteiger partial charge in [-0.05, 0) is 12.1 Å². The van der Waals surface area contributed by atoms with E-state index in [0.717, 1.165) is 11.0 Å². The largest absolute Gasteiger partial charge is 0.342 e. The van der Waals surface area contributed by atoms with E-state index in [9.17, 15) is 0 Å². The molecule has 0 aliphatic rings. The fourth-order valence-corrected chi connectivity index (χ4v) is 2.17. The Morgan fingerprint density at radius 1 is 1.06 bits per heavy atom. The van der Waals surface area contributed by atoms with Gasteiger partial charge < -0.3 is 4.98 Å². The minimum absolute atomic E-state index is 0.713. The molecule has 5 nitrogen and oxygen atoms in total. The number of fused-ring (bicyclic) bond motifs is 2. The molecule has 0 fully saturated rings. The fourth-order valence-electron chi connectivity index (χ4n) is 1.49. The van der Waals surface area contributed by atoms with Gasteiger partial charge >= 0.3 is 0 Å². The first-order valence-electron chi connectivity index (χ1n) is 5.31. The predicted octanol–water partition coefficient (Wildman–Crippen LogP) is 2.65. The second-order valence-electron chi connectivity index (χ2n) is 3.48. The van der Waals surface area contributed by atoms with E-state index in [1.807, 2.05) is 23.7 Å². The van der Waals surface area contributed by atoms with Crippen molar-refractivity contribution in [3.63, 3.8) is 0 Å². The Labute approximate surface area is 107 Å². The van der Waals surface area contributed by atoms with Crippen molar-refractivity contribution in [3.8, 4) is 0 Å². The molecule has 0 saturated heterocycles. The van der Waals surface area contributed by atoms with Crippen LogP contribution in [0.2, 0.25) is 0 Å². The number of nitrogens with one attached hydrogen (secondary N) is 1. The summed E-state index contributed by atoms with van der Waals surface area (Å²) in [5, 5.41) is 0. The Morgan fingerprint density at radius 2 is 2.00 bits per heavy atom. The van der Waals surface area contributed by atoms with E-state index >= 15 is 0 Å². The van der Waals surface area contributed by atoms with Crippen LogP contribution in [0, 0.1) is 0 Å². The number of nitrogens with zero attached hydrogens (tertiary/aromatic N) is 4. The zero-order chi connectivity index (χ0) is 12.2. The molecule has 88 valence electrons. The van der Waals surface area contributed by atoms with Gasteiger partial charge in [-0.3, -0.25) is 0 Å². The van der Waals surface area contributed by atoms with Crippen LogP contribution in [0.1, 0.15) is 0 Å². The molecule has 3 heterocycles. The summed E-state index contributed by atoms with van der Waals surface area (Å²) in [6.07, 6.45) is 4.76. The number of hydrogen-bond acceptors (Lipinski definition) is 5. The normalized spacial score (nSPS) is 10.2. The van der Waals surface area contributed by atoms with Gasteiger partial charge in [-0.25, -0.2) is 19.9 Å². The number of thiazole rings is 1. The molecule has 0 bridgehead atoms. The van der Waals surface area contributed by atoms with Crippen LogP contribution in [-0.4, -0.2) is 24.9 Å². The summed E-state index contributed by atoms with van der Waals surface area (Å²) in [6.45, 7) is 0. The van der Waals surface area contributed by atoms with E-state index in [4.69, 9.17) is 0 Å². The molecule has 1 aromatic carbocycles. The SMILES string of the molecule is c1ccc2scnc2c1.c1ncc2[nH]cnc2n1. The standard InChI is InChI=1S/C7H5NS.C5H4N4/c1-2-4-7-6(3-1)8-5-9-7;1-4-5(8-2-6-1)9-3-7-4/h1-5H;1-3H,(H,6,7,8,9). The van der Waals surface area contributed by atoms with Crippen molar-refractivity contribution in [3.05, 3.63) is 48.6 Å². The smallest absolute Gasteiger partial charge is 0.180 e. The van der Waals surface area contributed by atoms with Crippen LogP contribution in [0.15, 0.2) is 48.6 Å². The molecule has 4 aromatic rings. The Balaban J connectivity index is 0.000000111. The third kappa shape index (κ3) is 2.18. The molecule has 0 aliphatic heterocycles. The molecule has 6 heteroatoms. The summed E-state index contributed by atoms with van der Waals surface area (Å²) in [5.74, 6) is 0. The maximum absolute atomic E-state index is 4.14. The molecule has 1 N–H and O–H groups in total. The van der Waals surface area contributed by atoms with Gasteiger partial charge in [-0.2, -0.15) is 0 Å². The molecule has 0 spiro atoms. The Bertz CT molecular complexity index is 634. The van der Waals surface area contributed by atoms with Crippen molar-refractivity contribution >= 4 is 32.7 Å². The highest BCUT2D eigenvalue weighted by Gasteiger charge is 1.91. The Morgan fingerprint density at radius 3 is 2.89 bits per heavy atom. The maximum Gasteiger partial charge on any atom is 0.180 e. The predicted molar refractivity (Wildman–Crippen MR) is 71.3 cm³/mol. The number of aromatic amines is 1. The molecule has 0 atom stereocenters. The number of imidazole rings is 1. The van der Waals surface area contributed by atoms with Gasteiger partial charge in [0.1, 0.15) is 11.8 Å². The number of benzene rings is 1. The quantitative estimate of drug-likeness (QED) is 0.524. The van der Waals surface area contributed by atoms with Gasteiger partial charge in [0.05, 0.1) is 28.3 Å². The average Bonchev–Trinajstić information content (AvgIpc) is 3.08. The van der Waals surface area contributed by atoms with Crippen LogP contribution in [-0.2, 0) is 0 Å². The van der Waals surface area contributed by atoms with E-state index in [1.54, 1.807) is 23.9 Å². The summed E-state index contributed by atoms with van der Waals surface area (Å²) in [4.78, 5) is 18.6. The van der Waals surface area contributed by atoms with Gasteiger partial charge in [0.2, 0.25) is 0 Å². The number of aromatic nitrogens is 5. The zero-order valence-corrected chi connectivity index (χ0v) is 10.1. The van der Waals surface area contributed by atoms with E-state index < -0.39 is 0 Å². The third-order valence-corrected chi connectivity index (χ3v) is 3.14. The highest BCUT2D eigenvalue weighted by atomic mass is 32.1. The molecule has 0 aliphatic carbocycles. The highest BCUT2D eigenvalue weighted by molar-refractivity contribution is 7.16.